The number of anilines is 1. The molecule has 0 bridgehead atoms. The fourth-order valence-electron chi connectivity index (χ4n) is 1.76. The van der Waals surface area contributed by atoms with Gasteiger partial charge < -0.3 is 9.47 Å². The first-order valence-electron chi connectivity index (χ1n) is 7.05. The molecule has 2 rings (SSSR count). The van der Waals surface area contributed by atoms with Gasteiger partial charge in [0.1, 0.15) is 0 Å². The Morgan fingerprint density at radius 3 is 2.78 bits per heavy atom. The summed E-state index contributed by atoms with van der Waals surface area (Å²) in [5.41, 5.74) is 3.62. The summed E-state index contributed by atoms with van der Waals surface area (Å²) >= 11 is 11.8. The number of nitrogens with zero attached hydrogens (tertiary/aromatic N) is 2. The normalized spacial score (nSPS) is 10.8. The Morgan fingerprint density at radius 2 is 2.09 bits per heavy atom. The van der Waals surface area contributed by atoms with E-state index in [1.54, 1.807) is 19.4 Å². The fourth-order valence-corrected chi connectivity index (χ4v) is 2.18. The first-order chi connectivity index (χ1) is 11.1. The maximum absolute atomic E-state index is 6.01. The van der Waals surface area contributed by atoms with Crippen LogP contribution in [0.1, 0.15) is 18.9 Å². The molecule has 0 aliphatic carbocycles. The highest BCUT2D eigenvalue weighted by atomic mass is 35.5. The molecule has 5 nitrogen and oxygen atoms in total. The number of hydrogen-bond acceptors (Lipinski definition) is 5. The van der Waals surface area contributed by atoms with E-state index >= 15 is 0 Å². The zero-order chi connectivity index (χ0) is 16.7. The number of nitrogens with one attached hydrogen (secondary N) is 1. The summed E-state index contributed by atoms with van der Waals surface area (Å²) in [6, 6.07) is 7.17. The van der Waals surface area contributed by atoms with Crippen molar-refractivity contribution in [1.82, 2.24) is 4.98 Å². The molecule has 1 aromatic carbocycles. The molecule has 0 saturated carbocycles. The molecule has 1 heterocycles. The van der Waals surface area contributed by atoms with Crippen molar-refractivity contribution in [2.24, 2.45) is 5.10 Å². The van der Waals surface area contributed by atoms with Crippen LogP contribution in [-0.2, 0) is 0 Å². The average Bonchev–Trinajstić information content (AvgIpc) is 2.55. The van der Waals surface area contributed by atoms with Gasteiger partial charge in [-0.05, 0) is 36.2 Å². The quantitative estimate of drug-likeness (QED) is 0.582. The zero-order valence-electron chi connectivity index (χ0n) is 12.8. The van der Waals surface area contributed by atoms with Crippen molar-refractivity contribution < 1.29 is 9.47 Å². The lowest BCUT2D eigenvalue weighted by atomic mass is 10.2. The van der Waals surface area contributed by atoms with Gasteiger partial charge in [-0.25, -0.2) is 4.98 Å². The molecule has 0 fully saturated rings. The lowest BCUT2D eigenvalue weighted by molar-refractivity contribution is 0.294. The molecular weight excluding hydrogens is 337 g/mol. The van der Waals surface area contributed by atoms with Crippen LogP contribution < -0.4 is 14.9 Å². The van der Waals surface area contributed by atoms with Crippen LogP contribution in [0.5, 0.6) is 11.5 Å². The van der Waals surface area contributed by atoms with Gasteiger partial charge in [0.15, 0.2) is 17.3 Å². The smallest absolute Gasteiger partial charge is 0.165 e. The van der Waals surface area contributed by atoms with E-state index in [-0.39, 0.29) is 0 Å². The molecule has 0 atom stereocenters. The number of hydrazone groups is 1. The molecule has 122 valence electrons. The molecule has 0 amide bonds. The van der Waals surface area contributed by atoms with E-state index < -0.39 is 0 Å². The topological polar surface area (TPSA) is 55.7 Å². The Hall–Kier alpha value is -1.98. The lowest BCUT2D eigenvalue weighted by Crippen LogP contribution is -1.99. The maximum Gasteiger partial charge on any atom is 0.165 e. The van der Waals surface area contributed by atoms with E-state index in [1.807, 2.05) is 18.2 Å². The fraction of sp³-hybridized carbons (Fsp3) is 0.250. The lowest BCUT2D eigenvalue weighted by Gasteiger charge is -2.10. The standard InChI is InChI=1S/C16H17Cl2N3O2/c1-3-6-23-14-5-4-11(7-15(14)22-2)9-20-21-16-13(18)8-12(17)10-19-16/h4-5,7-10H,3,6H2,1-2H3,(H,19,21)/b20-9+. The van der Waals surface area contributed by atoms with Crippen LogP contribution in [0.15, 0.2) is 35.6 Å². The summed E-state index contributed by atoms with van der Waals surface area (Å²) < 4.78 is 10.9. The van der Waals surface area contributed by atoms with Crippen LogP contribution in [0.4, 0.5) is 5.82 Å². The first-order valence-corrected chi connectivity index (χ1v) is 7.80. The van der Waals surface area contributed by atoms with Crippen molar-refractivity contribution in [3.05, 3.63) is 46.1 Å². The van der Waals surface area contributed by atoms with E-state index in [1.165, 1.54) is 6.20 Å². The van der Waals surface area contributed by atoms with Crippen LogP contribution in [0.25, 0.3) is 0 Å². The molecular formula is C16H17Cl2N3O2. The second-order valence-corrected chi connectivity index (χ2v) is 5.46. The molecule has 1 aromatic heterocycles. The molecule has 0 aliphatic heterocycles. The van der Waals surface area contributed by atoms with Gasteiger partial charge in [-0.2, -0.15) is 5.10 Å². The van der Waals surface area contributed by atoms with Crippen molar-refractivity contribution >= 4 is 35.2 Å². The Morgan fingerprint density at radius 1 is 1.26 bits per heavy atom. The van der Waals surface area contributed by atoms with Gasteiger partial charge in [0.2, 0.25) is 0 Å². The molecule has 7 heteroatoms. The van der Waals surface area contributed by atoms with Crippen LogP contribution in [0.2, 0.25) is 10.0 Å². The highest BCUT2D eigenvalue weighted by Gasteiger charge is 2.05. The van der Waals surface area contributed by atoms with Crippen LogP contribution in [-0.4, -0.2) is 24.9 Å². The molecule has 1 N–H and O–H groups in total. The van der Waals surface area contributed by atoms with Crippen LogP contribution in [0.3, 0.4) is 0 Å². The van der Waals surface area contributed by atoms with E-state index in [2.05, 4.69) is 22.4 Å². The minimum absolute atomic E-state index is 0.399. The second kappa shape index (κ2) is 8.60. The summed E-state index contributed by atoms with van der Waals surface area (Å²) in [5.74, 6) is 1.80. The van der Waals surface area contributed by atoms with Crippen LogP contribution >= 0.6 is 23.2 Å². The Bertz CT molecular complexity index is 693. The summed E-state index contributed by atoms with van der Waals surface area (Å²) in [5, 5.41) is 4.98. The van der Waals surface area contributed by atoms with E-state index in [9.17, 15) is 0 Å². The van der Waals surface area contributed by atoms with E-state index in [4.69, 9.17) is 32.7 Å². The van der Waals surface area contributed by atoms with Gasteiger partial charge in [-0.15, -0.1) is 0 Å². The van der Waals surface area contributed by atoms with Crippen molar-refractivity contribution in [1.29, 1.82) is 0 Å². The van der Waals surface area contributed by atoms with Gasteiger partial charge in [-0.3, -0.25) is 5.43 Å². The third-order valence-electron chi connectivity index (χ3n) is 2.84. The minimum atomic E-state index is 0.399. The first kappa shape index (κ1) is 17.4. The van der Waals surface area contributed by atoms with E-state index in [0.29, 0.717) is 34.0 Å². The number of pyridine rings is 1. The van der Waals surface area contributed by atoms with Gasteiger partial charge >= 0.3 is 0 Å². The van der Waals surface area contributed by atoms with E-state index in [0.717, 1.165) is 12.0 Å². The van der Waals surface area contributed by atoms with Crippen molar-refractivity contribution in [2.45, 2.75) is 13.3 Å². The number of aromatic nitrogens is 1. The molecule has 0 unspecified atom stereocenters. The second-order valence-electron chi connectivity index (χ2n) is 4.61. The summed E-state index contributed by atoms with van der Waals surface area (Å²) in [6.45, 7) is 2.70. The van der Waals surface area contributed by atoms with Gasteiger partial charge in [-0.1, -0.05) is 30.1 Å². The number of ether oxygens (including phenoxy) is 2. The van der Waals surface area contributed by atoms with Gasteiger partial charge in [0, 0.05) is 6.20 Å². The van der Waals surface area contributed by atoms with Gasteiger partial charge in [0.05, 0.1) is 30.0 Å². The van der Waals surface area contributed by atoms with Crippen LogP contribution in [0, 0.1) is 0 Å². The highest BCUT2D eigenvalue weighted by Crippen LogP contribution is 2.28. The summed E-state index contributed by atoms with van der Waals surface area (Å²) in [7, 11) is 1.60. The number of hydrogen-bond donors (Lipinski definition) is 1. The summed E-state index contributed by atoms with van der Waals surface area (Å²) in [4.78, 5) is 4.06. The molecule has 0 radical (unpaired) electrons. The molecule has 0 saturated heterocycles. The Labute approximate surface area is 145 Å². The third-order valence-corrected chi connectivity index (χ3v) is 3.34. The molecule has 0 spiro atoms. The van der Waals surface area contributed by atoms with Gasteiger partial charge in [0.25, 0.3) is 0 Å². The molecule has 0 aliphatic rings. The number of methoxy groups -OCH3 is 1. The molecule has 23 heavy (non-hydrogen) atoms. The Balaban J connectivity index is 2.07. The van der Waals surface area contributed by atoms with Crippen molar-refractivity contribution in [3.63, 3.8) is 0 Å². The number of benzene rings is 1. The number of rotatable bonds is 7. The minimum Gasteiger partial charge on any atom is -0.493 e. The monoisotopic (exact) mass is 353 g/mol. The summed E-state index contributed by atoms with van der Waals surface area (Å²) in [6.07, 6.45) is 4.07. The number of halogens is 2. The maximum atomic E-state index is 6.01. The van der Waals surface area contributed by atoms with Crippen molar-refractivity contribution in [2.75, 3.05) is 19.1 Å². The third kappa shape index (κ3) is 5.01. The largest absolute Gasteiger partial charge is 0.493 e. The molecule has 2 aromatic rings. The SMILES string of the molecule is CCCOc1ccc(/C=N/Nc2ncc(Cl)cc2Cl)cc1OC. The Kier molecular flexibility index (Phi) is 6.50. The van der Waals surface area contributed by atoms with Crippen molar-refractivity contribution in [3.8, 4) is 11.5 Å². The average molecular weight is 354 g/mol. The zero-order valence-corrected chi connectivity index (χ0v) is 14.4. The predicted octanol–water partition coefficient (Wildman–Crippen LogP) is 4.63. The highest BCUT2D eigenvalue weighted by molar-refractivity contribution is 6.35. The predicted molar refractivity (Wildman–Crippen MR) is 94.3 cm³/mol.